The molecule has 0 saturated carbocycles. The number of ether oxygens (including phenoxy) is 1. The fourth-order valence-corrected chi connectivity index (χ4v) is 4.77. The van der Waals surface area contributed by atoms with Crippen molar-refractivity contribution in [1.82, 2.24) is 10.2 Å². The molecule has 2 amide bonds. The summed E-state index contributed by atoms with van der Waals surface area (Å²) >= 11 is 0. The van der Waals surface area contributed by atoms with Crippen LogP contribution in [0.1, 0.15) is 37.3 Å². The summed E-state index contributed by atoms with van der Waals surface area (Å²) < 4.78 is 5.84. The van der Waals surface area contributed by atoms with Crippen molar-refractivity contribution in [1.29, 1.82) is 0 Å². The van der Waals surface area contributed by atoms with Gasteiger partial charge in [-0.2, -0.15) is 0 Å². The maximum atomic E-state index is 12.9. The van der Waals surface area contributed by atoms with Crippen molar-refractivity contribution in [2.24, 2.45) is 5.92 Å². The van der Waals surface area contributed by atoms with Crippen LogP contribution in [-0.4, -0.2) is 55.5 Å². The smallest absolute Gasteiger partial charge is 0.268 e. The van der Waals surface area contributed by atoms with E-state index in [0.29, 0.717) is 24.4 Å². The molecule has 2 aliphatic heterocycles. The number of piperidine rings is 1. The van der Waals surface area contributed by atoms with Gasteiger partial charge in [0.2, 0.25) is 5.91 Å². The Kier molecular flexibility index (Phi) is 7.65. The number of amides is 2. The lowest BCUT2D eigenvalue weighted by Gasteiger charge is -2.34. The summed E-state index contributed by atoms with van der Waals surface area (Å²) in [5.74, 6) is 1.12. The lowest BCUT2D eigenvalue weighted by molar-refractivity contribution is -0.129. The highest BCUT2D eigenvalue weighted by Gasteiger charge is 2.34. The number of nitrogens with one attached hydrogen (secondary N) is 1. The number of hydrogen-bond donors (Lipinski definition) is 1. The Morgan fingerprint density at radius 2 is 1.88 bits per heavy atom. The summed E-state index contributed by atoms with van der Waals surface area (Å²) in [6.45, 7) is 7.49. The number of anilines is 1. The lowest BCUT2D eigenvalue weighted by Crippen LogP contribution is -2.50. The minimum Gasteiger partial charge on any atom is -0.478 e. The predicted molar refractivity (Wildman–Crippen MR) is 131 cm³/mol. The van der Waals surface area contributed by atoms with Gasteiger partial charge in [-0.1, -0.05) is 43.3 Å². The highest BCUT2D eigenvalue weighted by atomic mass is 16.5. The molecule has 1 fully saturated rings. The summed E-state index contributed by atoms with van der Waals surface area (Å²) in [7, 11) is 0. The summed E-state index contributed by atoms with van der Waals surface area (Å²) in [4.78, 5) is 29.5. The topological polar surface area (TPSA) is 61.9 Å². The van der Waals surface area contributed by atoms with Crippen LogP contribution in [0.2, 0.25) is 0 Å². The summed E-state index contributed by atoms with van der Waals surface area (Å²) in [6, 6.07) is 16.5. The van der Waals surface area contributed by atoms with Gasteiger partial charge < -0.3 is 15.0 Å². The number of aryl methyl sites for hydroxylation is 1. The number of hydrogen-bond acceptors (Lipinski definition) is 4. The van der Waals surface area contributed by atoms with Crippen molar-refractivity contribution < 1.29 is 14.3 Å². The number of carbonyl (C=O) groups is 2. The zero-order valence-electron chi connectivity index (χ0n) is 19.8. The van der Waals surface area contributed by atoms with Crippen LogP contribution in [0.4, 0.5) is 5.69 Å². The molecule has 0 aromatic heterocycles. The van der Waals surface area contributed by atoms with Gasteiger partial charge in [-0.3, -0.25) is 14.5 Å². The van der Waals surface area contributed by atoms with Crippen LogP contribution in [0.3, 0.4) is 0 Å². The molecule has 0 aliphatic carbocycles. The van der Waals surface area contributed by atoms with Crippen molar-refractivity contribution in [3.63, 3.8) is 0 Å². The fraction of sp³-hybridized carbons (Fsp3) is 0.481. The molecule has 4 rings (SSSR count). The van der Waals surface area contributed by atoms with Gasteiger partial charge in [-0.15, -0.1) is 0 Å². The molecule has 33 heavy (non-hydrogen) atoms. The lowest BCUT2D eigenvalue weighted by atomic mass is 9.90. The van der Waals surface area contributed by atoms with Crippen LogP contribution in [0.5, 0.6) is 5.75 Å². The maximum Gasteiger partial charge on any atom is 0.268 e. The average Bonchev–Trinajstić information content (AvgIpc) is 2.83. The van der Waals surface area contributed by atoms with E-state index in [1.807, 2.05) is 32.0 Å². The second kappa shape index (κ2) is 10.8. The predicted octanol–water partition coefficient (Wildman–Crippen LogP) is 3.57. The number of carbonyl (C=O) groups excluding carboxylic acids is 2. The third kappa shape index (κ3) is 5.93. The molecule has 0 bridgehead atoms. The van der Waals surface area contributed by atoms with Crippen molar-refractivity contribution in [3.05, 3.63) is 59.7 Å². The van der Waals surface area contributed by atoms with Gasteiger partial charge in [-0.25, -0.2) is 0 Å². The second-order valence-electron chi connectivity index (χ2n) is 9.23. The highest BCUT2D eigenvalue weighted by Crippen LogP contribution is 2.35. The van der Waals surface area contributed by atoms with E-state index in [1.54, 1.807) is 4.90 Å². The minimum atomic E-state index is -0.537. The van der Waals surface area contributed by atoms with E-state index in [4.69, 9.17) is 4.74 Å². The molecule has 6 nitrogen and oxygen atoms in total. The van der Waals surface area contributed by atoms with Crippen LogP contribution in [-0.2, 0) is 16.0 Å². The summed E-state index contributed by atoms with van der Waals surface area (Å²) in [5.41, 5.74) is 3.13. The number of fused-ring (bicyclic) bond motifs is 1. The Morgan fingerprint density at radius 1 is 1.12 bits per heavy atom. The third-order valence-electron chi connectivity index (χ3n) is 6.71. The molecule has 2 aromatic carbocycles. The molecule has 1 saturated heterocycles. The first-order valence-corrected chi connectivity index (χ1v) is 12.1. The Labute approximate surface area is 196 Å². The molecule has 0 spiro atoms. The molecule has 176 valence electrons. The third-order valence-corrected chi connectivity index (χ3v) is 6.71. The van der Waals surface area contributed by atoms with E-state index in [2.05, 4.69) is 40.5 Å². The molecule has 6 heteroatoms. The van der Waals surface area contributed by atoms with Gasteiger partial charge in [0.15, 0.2) is 6.10 Å². The Hall–Kier alpha value is -2.86. The van der Waals surface area contributed by atoms with Gasteiger partial charge in [0, 0.05) is 13.1 Å². The monoisotopic (exact) mass is 449 g/mol. The van der Waals surface area contributed by atoms with Crippen molar-refractivity contribution in [3.8, 4) is 5.75 Å². The van der Waals surface area contributed by atoms with E-state index >= 15 is 0 Å². The van der Waals surface area contributed by atoms with Crippen molar-refractivity contribution >= 4 is 17.5 Å². The van der Waals surface area contributed by atoms with Gasteiger partial charge >= 0.3 is 0 Å². The molecule has 2 aliphatic rings. The normalized spacial score (nSPS) is 19.2. The van der Waals surface area contributed by atoms with Crippen LogP contribution in [0.15, 0.2) is 48.5 Å². The van der Waals surface area contributed by atoms with E-state index < -0.39 is 6.10 Å². The van der Waals surface area contributed by atoms with Gasteiger partial charge in [0.1, 0.15) is 12.3 Å². The molecule has 0 radical (unpaired) electrons. The minimum absolute atomic E-state index is 0.0221. The molecule has 2 aromatic rings. The van der Waals surface area contributed by atoms with Crippen LogP contribution in [0, 0.1) is 12.8 Å². The van der Waals surface area contributed by atoms with Crippen molar-refractivity contribution in [2.75, 3.05) is 37.6 Å². The van der Waals surface area contributed by atoms with Crippen LogP contribution >= 0.6 is 0 Å². The standard InChI is InChI=1S/C27H35N3O3/c1-3-24-27(32)30(23-17-20(2)9-10-25(23)33-24)19-26(31)28-13-16-29-14-11-22(12-15-29)18-21-7-5-4-6-8-21/h4-10,17,22,24H,3,11-16,18-19H2,1-2H3,(H,28,31)/t24-/m1/s1. The zero-order valence-corrected chi connectivity index (χ0v) is 19.8. The number of likely N-dealkylation sites (tertiary alicyclic amines) is 1. The van der Waals surface area contributed by atoms with E-state index in [9.17, 15) is 9.59 Å². The first-order valence-electron chi connectivity index (χ1n) is 12.1. The van der Waals surface area contributed by atoms with E-state index in [-0.39, 0.29) is 18.4 Å². The Balaban J connectivity index is 1.23. The molecular formula is C27H35N3O3. The maximum absolute atomic E-state index is 12.9. The molecule has 1 atom stereocenters. The van der Waals surface area contributed by atoms with E-state index in [0.717, 1.165) is 37.5 Å². The Bertz CT molecular complexity index is 954. The van der Waals surface area contributed by atoms with Gasteiger partial charge in [-0.05, 0) is 74.9 Å². The van der Waals surface area contributed by atoms with Crippen LogP contribution < -0.4 is 15.0 Å². The largest absolute Gasteiger partial charge is 0.478 e. The first kappa shape index (κ1) is 23.3. The highest BCUT2D eigenvalue weighted by molar-refractivity contribution is 6.03. The molecule has 2 heterocycles. The molecule has 1 N–H and O–H groups in total. The van der Waals surface area contributed by atoms with Gasteiger partial charge in [0.25, 0.3) is 5.91 Å². The zero-order chi connectivity index (χ0) is 23.2. The van der Waals surface area contributed by atoms with Crippen LogP contribution in [0.25, 0.3) is 0 Å². The summed E-state index contributed by atoms with van der Waals surface area (Å²) in [5, 5.41) is 3.01. The molecule has 0 unspecified atom stereocenters. The van der Waals surface area contributed by atoms with E-state index in [1.165, 1.54) is 18.4 Å². The summed E-state index contributed by atoms with van der Waals surface area (Å²) in [6.07, 6.45) is 3.58. The Morgan fingerprint density at radius 3 is 2.61 bits per heavy atom. The second-order valence-corrected chi connectivity index (χ2v) is 9.23. The SMILES string of the molecule is CC[C@H]1Oc2ccc(C)cc2N(CC(=O)NCCN2CCC(Cc3ccccc3)CC2)C1=O. The van der Waals surface area contributed by atoms with Gasteiger partial charge in [0.05, 0.1) is 5.69 Å². The quantitative estimate of drug-likeness (QED) is 0.669. The first-order chi connectivity index (χ1) is 16.0. The molecular weight excluding hydrogens is 414 g/mol. The van der Waals surface area contributed by atoms with Crippen molar-refractivity contribution in [2.45, 2.75) is 45.6 Å². The number of rotatable bonds is 8. The average molecular weight is 450 g/mol. The fourth-order valence-electron chi connectivity index (χ4n) is 4.77. The number of benzene rings is 2. The number of nitrogens with zero attached hydrogens (tertiary/aromatic N) is 2.